The molecule has 0 saturated carbocycles. The van der Waals surface area contributed by atoms with Crippen LogP contribution < -0.4 is 0 Å². The maximum Gasteiger partial charge on any atom is 4.00 e. The number of fused-ring (bicyclic) bond motifs is 1. The van der Waals surface area contributed by atoms with Gasteiger partial charge in [0, 0.05) is 0 Å². The molecule has 126 valence electrons. The summed E-state index contributed by atoms with van der Waals surface area (Å²) in [6.07, 6.45) is 5.33. The van der Waals surface area contributed by atoms with E-state index >= 15 is 0 Å². The minimum Gasteiger partial charge on any atom is -0.513 e. The third-order valence-corrected chi connectivity index (χ3v) is 3.30. The molecule has 1 nitrogen and oxygen atoms in total. The molecule has 0 N–H and O–H groups in total. The Labute approximate surface area is 171 Å². The molecule has 0 heterocycles. The molecule has 25 heavy (non-hydrogen) atoms. The molecule has 3 aromatic carbocycles. The topological polar surface area (TPSA) is 12.4 Å². The van der Waals surface area contributed by atoms with Crippen LogP contribution in [-0.2, 0) is 26.2 Å². The maximum absolute atomic E-state index is 4.44. The third kappa shape index (κ3) is 8.32. The number of hydrogen-bond donors (Lipinski definition) is 0. The maximum atomic E-state index is 4.44. The van der Waals surface area contributed by atoms with E-state index in [-0.39, 0.29) is 37.7 Å². The molecule has 0 saturated heterocycles. The summed E-state index contributed by atoms with van der Waals surface area (Å²) >= 11 is 0. The largest absolute Gasteiger partial charge is 4.00 e. The summed E-state index contributed by atoms with van der Waals surface area (Å²) in [6.45, 7) is 6.34. The van der Waals surface area contributed by atoms with Crippen LogP contribution >= 0.6 is 0 Å². The average Bonchev–Trinajstić information content (AvgIpc) is 3.26. The molecule has 1 atom stereocenters. The molecule has 0 aromatic heterocycles. The van der Waals surface area contributed by atoms with Gasteiger partial charge in [0.15, 0.2) is 0 Å². The molecular weight excluding hydrogens is 381 g/mol. The van der Waals surface area contributed by atoms with E-state index in [4.69, 9.17) is 0 Å². The first-order valence-electron chi connectivity index (χ1n) is 8.30. The predicted octanol–water partition coefficient (Wildman–Crippen LogP) is 6.10. The van der Waals surface area contributed by atoms with Crippen molar-refractivity contribution in [2.75, 3.05) is 0 Å². The number of nitrogens with zero attached hydrogens (tertiary/aromatic N) is 1. The minimum absolute atomic E-state index is 0. The van der Waals surface area contributed by atoms with Crippen molar-refractivity contribution in [2.45, 2.75) is 26.8 Å². The van der Waals surface area contributed by atoms with Crippen LogP contribution in [0.2, 0.25) is 0 Å². The smallest absolute Gasteiger partial charge is 0.513 e. The van der Waals surface area contributed by atoms with Crippen LogP contribution in [0.4, 0.5) is 0 Å². The molecule has 0 radical (unpaired) electrons. The molecule has 3 aromatic rings. The zero-order valence-electron chi connectivity index (χ0n) is 15.2. The Morgan fingerprint density at radius 3 is 1.76 bits per heavy atom. The normalized spacial score (nSPS) is 14.4. The zero-order chi connectivity index (χ0) is 17.3. The molecule has 0 fully saturated rings. The number of aliphatic imine (C=N–C) groups is 1. The molecule has 0 amide bonds. The molecule has 4 rings (SSSR count). The van der Waals surface area contributed by atoms with E-state index in [1.807, 2.05) is 60.7 Å². The van der Waals surface area contributed by atoms with Crippen LogP contribution in [0.5, 0.6) is 0 Å². The molecule has 0 aliphatic heterocycles. The Balaban J connectivity index is 0.000000233. The Bertz CT molecular complexity index is 627. The summed E-state index contributed by atoms with van der Waals surface area (Å²) in [7, 11) is 0. The number of hydrogen-bond acceptors (Lipinski definition) is 1. The quantitative estimate of drug-likeness (QED) is 0.342. The summed E-state index contributed by atoms with van der Waals surface area (Å²) in [6, 6.07) is 28.6. The summed E-state index contributed by atoms with van der Waals surface area (Å²) < 4.78 is 0. The fourth-order valence-corrected chi connectivity index (χ4v) is 2.11. The molecule has 1 aliphatic rings. The van der Waals surface area contributed by atoms with Crippen molar-refractivity contribution in [2.24, 2.45) is 10.4 Å². The molecular formula is C23H25NZr. The second-order valence-electron chi connectivity index (χ2n) is 6.66. The van der Waals surface area contributed by atoms with Crippen molar-refractivity contribution in [3.05, 3.63) is 102 Å². The van der Waals surface area contributed by atoms with Crippen molar-refractivity contribution in [1.82, 2.24) is 0 Å². The van der Waals surface area contributed by atoms with E-state index in [1.54, 1.807) is 0 Å². The molecule has 1 aliphatic carbocycles. The van der Waals surface area contributed by atoms with Gasteiger partial charge in [0.05, 0.1) is 0 Å². The van der Waals surface area contributed by atoms with Crippen LogP contribution in [-0.4, -0.2) is 6.21 Å². The third-order valence-electron chi connectivity index (χ3n) is 3.30. The van der Waals surface area contributed by atoms with Crippen molar-refractivity contribution < 1.29 is 26.2 Å². The fourth-order valence-electron chi connectivity index (χ4n) is 2.11. The van der Waals surface area contributed by atoms with Gasteiger partial charge in [-0.15, -0.1) is 17.7 Å². The van der Waals surface area contributed by atoms with Crippen molar-refractivity contribution >= 4 is 6.21 Å². The van der Waals surface area contributed by atoms with Gasteiger partial charge in [0.1, 0.15) is 0 Å². The van der Waals surface area contributed by atoms with Crippen molar-refractivity contribution in [1.29, 1.82) is 0 Å². The summed E-state index contributed by atoms with van der Waals surface area (Å²) in [4.78, 5) is 4.44. The van der Waals surface area contributed by atoms with Gasteiger partial charge in [-0.25, -0.2) is 24.3 Å². The monoisotopic (exact) mass is 405 g/mol. The Morgan fingerprint density at radius 1 is 0.840 bits per heavy atom. The van der Waals surface area contributed by atoms with Crippen LogP contribution in [0.3, 0.4) is 0 Å². The van der Waals surface area contributed by atoms with Gasteiger partial charge in [-0.1, -0.05) is 26.8 Å². The first-order valence-corrected chi connectivity index (χ1v) is 8.30. The molecule has 0 bridgehead atoms. The van der Waals surface area contributed by atoms with Crippen molar-refractivity contribution in [3.8, 4) is 0 Å². The Hall–Kier alpha value is -1.66. The van der Waals surface area contributed by atoms with Gasteiger partial charge in [0.25, 0.3) is 0 Å². The van der Waals surface area contributed by atoms with E-state index in [1.165, 1.54) is 11.1 Å². The summed E-state index contributed by atoms with van der Waals surface area (Å²) in [5.41, 5.74) is 2.69. The second kappa shape index (κ2) is 11.1. The predicted molar refractivity (Wildman–Crippen MR) is 104 cm³/mol. The SMILES string of the molecule is CC(C)(C)[C-]=NC1[CH-]c2ccccc21.[Zr+4].c1cc[cH-]c1.c1cc[cH-]c1. The van der Waals surface area contributed by atoms with E-state index in [0.29, 0.717) is 0 Å². The average molecular weight is 407 g/mol. The first-order chi connectivity index (χ1) is 11.6. The fraction of sp³-hybridized carbons (Fsp3) is 0.217. The first kappa shape index (κ1) is 21.4. The second-order valence-corrected chi connectivity index (χ2v) is 6.66. The van der Waals surface area contributed by atoms with Gasteiger partial charge in [0.2, 0.25) is 0 Å². The molecule has 0 spiro atoms. The van der Waals surface area contributed by atoms with E-state index < -0.39 is 0 Å². The minimum atomic E-state index is 0. The van der Waals surface area contributed by atoms with E-state index in [0.717, 1.165) is 0 Å². The van der Waals surface area contributed by atoms with Gasteiger partial charge >= 0.3 is 26.2 Å². The van der Waals surface area contributed by atoms with Gasteiger partial charge < -0.3 is 11.2 Å². The van der Waals surface area contributed by atoms with Crippen LogP contribution in [0.25, 0.3) is 0 Å². The van der Waals surface area contributed by atoms with Crippen LogP contribution in [0.1, 0.15) is 37.9 Å². The van der Waals surface area contributed by atoms with E-state index in [2.05, 4.69) is 62.7 Å². The van der Waals surface area contributed by atoms with Gasteiger partial charge in [-0.2, -0.15) is 59.9 Å². The number of benzene rings is 1. The standard InChI is InChI=1S/C13H15N.2C5H5.Zr/c1-13(2,3)9-14-12-8-10-6-4-5-7-11(10)12;2*1-2-4-5-3-1;/h4-8,12H,1-3H3;2*1-5H;/q-2;2*-1;+4. The van der Waals surface area contributed by atoms with Gasteiger partial charge in [-0.05, 0) is 6.04 Å². The number of rotatable bonds is 1. The molecule has 2 heteroatoms. The summed E-state index contributed by atoms with van der Waals surface area (Å²) in [5, 5.41) is 0. The van der Waals surface area contributed by atoms with E-state index in [9.17, 15) is 0 Å². The Kier molecular flexibility index (Phi) is 9.46. The zero-order valence-corrected chi connectivity index (χ0v) is 17.6. The summed E-state index contributed by atoms with van der Waals surface area (Å²) in [5.74, 6) is 0. The Morgan fingerprint density at radius 2 is 1.36 bits per heavy atom. The van der Waals surface area contributed by atoms with Crippen LogP contribution in [0.15, 0.2) is 89.9 Å². The molecule has 1 unspecified atom stereocenters. The van der Waals surface area contributed by atoms with Crippen LogP contribution in [0, 0.1) is 11.8 Å². The van der Waals surface area contributed by atoms with Crippen molar-refractivity contribution in [3.63, 3.8) is 0 Å². The van der Waals surface area contributed by atoms with Gasteiger partial charge in [-0.3, -0.25) is 0 Å².